The second kappa shape index (κ2) is 12.1. The Balaban J connectivity index is 1.46. The summed E-state index contributed by atoms with van der Waals surface area (Å²) in [5.74, 6) is 0.860. The Morgan fingerprint density at radius 2 is 1.66 bits per heavy atom. The number of hydrogen-bond acceptors (Lipinski definition) is 4. The van der Waals surface area contributed by atoms with Gasteiger partial charge in [0.25, 0.3) is 0 Å². The molecular formula is C27H38ClN3O4. The highest BCUT2D eigenvalue weighted by Gasteiger charge is 2.41. The van der Waals surface area contributed by atoms with E-state index in [0.29, 0.717) is 49.9 Å². The van der Waals surface area contributed by atoms with Crippen LogP contribution in [0.5, 0.6) is 5.75 Å². The largest absolute Gasteiger partial charge is 0.493 e. The van der Waals surface area contributed by atoms with Gasteiger partial charge in [0.2, 0.25) is 17.7 Å². The summed E-state index contributed by atoms with van der Waals surface area (Å²) in [6.07, 6.45) is 8.66. The average Bonchev–Trinajstić information content (AvgIpc) is 3.07. The first-order chi connectivity index (χ1) is 16.9. The van der Waals surface area contributed by atoms with Crippen molar-refractivity contribution in [1.29, 1.82) is 0 Å². The van der Waals surface area contributed by atoms with Gasteiger partial charge in [0.15, 0.2) is 0 Å². The van der Waals surface area contributed by atoms with Crippen LogP contribution in [-0.4, -0.2) is 78.3 Å². The van der Waals surface area contributed by atoms with Gasteiger partial charge in [-0.05, 0) is 63.1 Å². The summed E-state index contributed by atoms with van der Waals surface area (Å²) in [7, 11) is 0. The topological polar surface area (TPSA) is 70.2 Å². The Bertz CT molecular complexity index is 904. The number of halogens is 1. The third kappa shape index (κ3) is 7.12. The summed E-state index contributed by atoms with van der Waals surface area (Å²) in [5, 5.41) is 0.600. The Morgan fingerprint density at radius 1 is 0.914 bits per heavy atom. The van der Waals surface area contributed by atoms with Crippen molar-refractivity contribution >= 4 is 29.3 Å². The monoisotopic (exact) mass is 503 g/mol. The van der Waals surface area contributed by atoms with Crippen LogP contribution in [0.4, 0.5) is 0 Å². The average molecular weight is 504 g/mol. The van der Waals surface area contributed by atoms with Gasteiger partial charge in [0.1, 0.15) is 5.75 Å². The number of nitrogens with zero attached hydrogens (tertiary/aromatic N) is 3. The van der Waals surface area contributed by atoms with Gasteiger partial charge >= 0.3 is 0 Å². The van der Waals surface area contributed by atoms with Gasteiger partial charge in [-0.1, -0.05) is 24.1 Å². The van der Waals surface area contributed by atoms with Crippen LogP contribution in [0, 0.1) is 5.41 Å². The minimum atomic E-state index is -0.465. The van der Waals surface area contributed by atoms with E-state index in [0.717, 1.165) is 58.0 Å². The van der Waals surface area contributed by atoms with Gasteiger partial charge in [-0.15, -0.1) is 0 Å². The molecule has 192 valence electrons. The number of likely N-dealkylation sites (tertiary alicyclic amines) is 3. The molecule has 3 saturated heterocycles. The lowest BCUT2D eigenvalue weighted by Gasteiger charge is -2.43. The van der Waals surface area contributed by atoms with Crippen LogP contribution in [0.15, 0.2) is 24.3 Å². The van der Waals surface area contributed by atoms with Gasteiger partial charge < -0.3 is 19.4 Å². The molecule has 8 heteroatoms. The number of rotatable bonds is 7. The maximum atomic E-state index is 13.3. The summed E-state index contributed by atoms with van der Waals surface area (Å²) >= 11 is 6.14. The lowest BCUT2D eigenvalue weighted by atomic mass is 9.77. The fourth-order valence-electron chi connectivity index (χ4n) is 5.57. The molecule has 4 rings (SSSR count). The molecule has 1 aromatic carbocycles. The van der Waals surface area contributed by atoms with E-state index in [4.69, 9.17) is 16.3 Å². The number of piperidine rings is 2. The molecule has 0 spiro atoms. The van der Waals surface area contributed by atoms with Crippen LogP contribution in [0.3, 0.4) is 0 Å². The van der Waals surface area contributed by atoms with Crippen molar-refractivity contribution in [3.05, 3.63) is 29.3 Å². The third-order valence-electron chi connectivity index (χ3n) is 7.59. The van der Waals surface area contributed by atoms with Crippen LogP contribution >= 0.6 is 11.6 Å². The molecule has 1 aromatic rings. The minimum absolute atomic E-state index is 0.0301. The highest BCUT2D eigenvalue weighted by Crippen LogP contribution is 2.36. The molecule has 35 heavy (non-hydrogen) atoms. The molecule has 0 aromatic heterocycles. The molecular weight excluding hydrogens is 466 g/mol. The molecule has 0 aliphatic carbocycles. The van der Waals surface area contributed by atoms with E-state index in [1.807, 2.05) is 21.9 Å². The van der Waals surface area contributed by atoms with Gasteiger partial charge in [-0.25, -0.2) is 0 Å². The molecule has 3 amide bonds. The highest BCUT2D eigenvalue weighted by molar-refractivity contribution is 6.30. The Morgan fingerprint density at radius 3 is 2.46 bits per heavy atom. The van der Waals surface area contributed by atoms with Gasteiger partial charge in [0.05, 0.1) is 13.2 Å². The Labute approximate surface area is 213 Å². The molecule has 1 atom stereocenters. The van der Waals surface area contributed by atoms with Gasteiger partial charge in [0, 0.05) is 56.0 Å². The van der Waals surface area contributed by atoms with E-state index in [-0.39, 0.29) is 24.3 Å². The van der Waals surface area contributed by atoms with Gasteiger partial charge in [-0.2, -0.15) is 0 Å². The standard InChI is InChI=1S/C27H38ClN3O4/c28-22-9-7-10-23(17-22)35-21-27(18-25(33)29-13-5-2-6-14-29)12-8-16-31(20-27)26(34)19-30-15-4-1-3-11-24(30)32/h7,9-10,17H,1-6,8,11-16,18-21H2/t27-/m0/s1. The zero-order valence-corrected chi connectivity index (χ0v) is 21.4. The number of benzene rings is 1. The van der Waals surface area contributed by atoms with Crippen molar-refractivity contribution in [1.82, 2.24) is 14.7 Å². The molecule has 0 unspecified atom stereocenters. The van der Waals surface area contributed by atoms with E-state index >= 15 is 0 Å². The van der Waals surface area contributed by atoms with E-state index in [1.54, 1.807) is 17.0 Å². The van der Waals surface area contributed by atoms with E-state index in [9.17, 15) is 14.4 Å². The lowest BCUT2D eigenvalue weighted by Crippen LogP contribution is -2.53. The molecule has 7 nitrogen and oxygen atoms in total. The fourth-order valence-corrected chi connectivity index (χ4v) is 5.75. The fraction of sp³-hybridized carbons (Fsp3) is 0.667. The van der Waals surface area contributed by atoms with Crippen LogP contribution in [0.1, 0.15) is 64.2 Å². The first kappa shape index (κ1) is 25.8. The van der Waals surface area contributed by atoms with Gasteiger partial charge in [-0.3, -0.25) is 14.4 Å². The predicted molar refractivity (Wildman–Crippen MR) is 135 cm³/mol. The summed E-state index contributed by atoms with van der Waals surface area (Å²) in [5.41, 5.74) is -0.465. The van der Waals surface area contributed by atoms with Crippen molar-refractivity contribution in [3.63, 3.8) is 0 Å². The zero-order valence-electron chi connectivity index (χ0n) is 20.7. The number of carbonyl (C=O) groups excluding carboxylic acids is 3. The molecule has 3 fully saturated rings. The molecule has 3 heterocycles. The number of carbonyl (C=O) groups is 3. The second-order valence-electron chi connectivity index (χ2n) is 10.4. The summed E-state index contributed by atoms with van der Waals surface area (Å²) in [6, 6.07) is 7.29. The lowest BCUT2D eigenvalue weighted by molar-refractivity contribution is -0.145. The van der Waals surface area contributed by atoms with Crippen molar-refractivity contribution in [2.75, 3.05) is 45.9 Å². The quantitative estimate of drug-likeness (QED) is 0.561. The van der Waals surface area contributed by atoms with E-state index in [1.165, 1.54) is 6.42 Å². The molecule has 3 aliphatic heterocycles. The number of hydrogen-bond donors (Lipinski definition) is 0. The number of ether oxygens (including phenoxy) is 1. The van der Waals surface area contributed by atoms with Crippen LogP contribution in [-0.2, 0) is 14.4 Å². The third-order valence-corrected chi connectivity index (χ3v) is 7.82. The summed E-state index contributed by atoms with van der Waals surface area (Å²) in [6.45, 7) is 3.86. The SMILES string of the molecule is O=C(C[C@@]1(COc2cccc(Cl)c2)CCCN(C(=O)CN2CCCCCC2=O)C1)N1CCCCC1. The summed E-state index contributed by atoms with van der Waals surface area (Å²) in [4.78, 5) is 44.6. The maximum Gasteiger partial charge on any atom is 0.242 e. The smallest absolute Gasteiger partial charge is 0.242 e. The summed E-state index contributed by atoms with van der Waals surface area (Å²) < 4.78 is 6.17. The van der Waals surface area contributed by atoms with Crippen LogP contribution in [0.25, 0.3) is 0 Å². The van der Waals surface area contributed by atoms with Crippen molar-refractivity contribution in [2.24, 2.45) is 5.41 Å². The normalized spacial score (nSPS) is 23.7. The Kier molecular flexibility index (Phi) is 8.93. The highest BCUT2D eigenvalue weighted by atomic mass is 35.5. The van der Waals surface area contributed by atoms with Crippen molar-refractivity contribution in [3.8, 4) is 5.75 Å². The molecule has 0 N–H and O–H groups in total. The van der Waals surface area contributed by atoms with Crippen molar-refractivity contribution < 1.29 is 19.1 Å². The molecule has 0 bridgehead atoms. The maximum absolute atomic E-state index is 13.3. The van der Waals surface area contributed by atoms with Crippen LogP contribution in [0.2, 0.25) is 5.02 Å². The second-order valence-corrected chi connectivity index (χ2v) is 10.8. The minimum Gasteiger partial charge on any atom is -0.493 e. The first-order valence-electron chi connectivity index (χ1n) is 13.2. The zero-order chi connectivity index (χ0) is 24.7. The molecule has 0 saturated carbocycles. The van der Waals surface area contributed by atoms with Crippen LogP contribution < -0.4 is 4.74 Å². The van der Waals surface area contributed by atoms with E-state index < -0.39 is 5.41 Å². The molecule has 3 aliphatic rings. The predicted octanol–water partition coefficient (Wildman–Crippen LogP) is 4.13. The Hall–Kier alpha value is -2.28. The van der Waals surface area contributed by atoms with E-state index in [2.05, 4.69) is 0 Å². The van der Waals surface area contributed by atoms with Crippen molar-refractivity contribution in [2.45, 2.75) is 64.2 Å². The molecule has 0 radical (unpaired) electrons. The first-order valence-corrected chi connectivity index (χ1v) is 13.5. The number of amides is 3.